The quantitative estimate of drug-likeness (QED) is 0.387. The average Bonchev–Trinajstić information content (AvgIpc) is 2.34. The molecule has 0 aromatic carbocycles. The lowest BCUT2D eigenvalue weighted by Gasteiger charge is -2.08. The van der Waals surface area contributed by atoms with E-state index in [-0.39, 0.29) is 24.9 Å². The SMILES string of the molecule is CCOC(=O)C(=O)CC=C(SC(C)C)C(=O)OCC. The number of ketones is 1. The molecule has 0 fully saturated rings. The van der Waals surface area contributed by atoms with Gasteiger partial charge in [-0.05, 0) is 13.8 Å². The Morgan fingerprint density at radius 2 is 1.58 bits per heavy atom. The highest BCUT2D eigenvalue weighted by Gasteiger charge is 2.17. The van der Waals surface area contributed by atoms with E-state index >= 15 is 0 Å². The molecule has 0 saturated carbocycles. The van der Waals surface area contributed by atoms with Crippen LogP contribution in [0.4, 0.5) is 0 Å². The van der Waals surface area contributed by atoms with E-state index < -0.39 is 17.7 Å². The smallest absolute Gasteiger partial charge is 0.374 e. The summed E-state index contributed by atoms with van der Waals surface area (Å²) >= 11 is 1.30. The van der Waals surface area contributed by atoms with E-state index in [4.69, 9.17) is 4.74 Å². The van der Waals surface area contributed by atoms with Crippen LogP contribution in [0, 0.1) is 0 Å². The molecule has 0 aliphatic rings. The summed E-state index contributed by atoms with van der Waals surface area (Å²) < 4.78 is 9.47. The molecule has 0 aliphatic carbocycles. The van der Waals surface area contributed by atoms with Gasteiger partial charge in [0.15, 0.2) is 0 Å². The lowest BCUT2D eigenvalue weighted by atomic mass is 10.2. The Kier molecular flexibility index (Phi) is 8.95. The van der Waals surface area contributed by atoms with Crippen molar-refractivity contribution in [3.05, 3.63) is 11.0 Å². The number of hydrogen-bond acceptors (Lipinski definition) is 6. The average molecular weight is 288 g/mol. The van der Waals surface area contributed by atoms with Crippen LogP contribution in [0.3, 0.4) is 0 Å². The standard InChI is InChI=1S/C13H20O5S/c1-5-17-12(15)10(14)7-8-11(19-9(3)4)13(16)18-6-2/h8-9H,5-7H2,1-4H3. The Morgan fingerprint density at radius 3 is 2.05 bits per heavy atom. The first-order valence-corrected chi connectivity index (χ1v) is 7.04. The number of hydrogen-bond donors (Lipinski definition) is 0. The van der Waals surface area contributed by atoms with Gasteiger partial charge in [0, 0.05) is 11.7 Å². The number of thioether (sulfide) groups is 1. The Morgan fingerprint density at radius 1 is 1.05 bits per heavy atom. The van der Waals surface area contributed by atoms with Crippen LogP contribution in [-0.2, 0) is 23.9 Å². The van der Waals surface area contributed by atoms with Crippen molar-refractivity contribution in [3.8, 4) is 0 Å². The predicted octanol–water partition coefficient (Wildman–Crippen LogP) is 2.10. The highest BCUT2D eigenvalue weighted by Crippen LogP contribution is 2.23. The number of ether oxygens (including phenoxy) is 2. The van der Waals surface area contributed by atoms with Gasteiger partial charge in [-0.2, -0.15) is 0 Å². The molecule has 0 bridgehead atoms. The first-order chi connectivity index (χ1) is 8.92. The fourth-order valence-electron chi connectivity index (χ4n) is 1.12. The molecule has 0 rings (SSSR count). The molecule has 0 aromatic heterocycles. The molecule has 108 valence electrons. The van der Waals surface area contributed by atoms with E-state index in [9.17, 15) is 14.4 Å². The van der Waals surface area contributed by atoms with Crippen molar-refractivity contribution in [1.82, 2.24) is 0 Å². The second-order valence-electron chi connectivity index (χ2n) is 3.80. The number of carbonyl (C=O) groups is 3. The van der Waals surface area contributed by atoms with Crippen molar-refractivity contribution >= 4 is 29.5 Å². The van der Waals surface area contributed by atoms with Gasteiger partial charge in [0.2, 0.25) is 5.78 Å². The van der Waals surface area contributed by atoms with Crippen LogP contribution >= 0.6 is 11.8 Å². The number of carbonyl (C=O) groups excluding carboxylic acids is 3. The van der Waals surface area contributed by atoms with Gasteiger partial charge in [-0.3, -0.25) is 4.79 Å². The first kappa shape index (κ1) is 17.7. The number of allylic oxidation sites excluding steroid dienone is 1. The largest absolute Gasteiger partial charge is 0.462 e. The van der Waals surface area contributed by atoms with Crippen molar-refractivity contribution in [2.45, 2.75) is 39.4 Å². The number of rotatable bonds is 8. The zero-order valence-electron chi connectivity index (χ0n) is 11.7. The van der Waals surface area contributed by atoms with Crippen LogP contribution in [0.5, 0.6) is 0 Å². The van der Waals surface area contributed by atoms with Crippen molar-refractivity contribution in [1.29, 1.82) is 0 Å². The molecular weight excluding hydrogens is 268 g/mol. The molecule has 5 nitrogen and oxygen atoms in total. The van der Waals surface area contributed by atoms with Crippen molar-refractivity contribution in [3.63, 3.8) is 0 Å². The summed E-state index contributed by atoms with van der Waals surface area (Å²) in [5.74, 6) is -2.03. The van der Waals surface area contributed by atoms with Crippen LogP contribution in [0.2, 0.25) is 0 Å². The lowest BCUT2D eigenvalue weighted by Crippen LogP contribution is -2.17. The summed E-state index contributed by atoms with van der Waals surface area (Å²) in [4.78, 5) is 34.6. The van der Waals surface area contributed by atoms with E-state index in [2.05, 4.69) is 4.74 Å². The summed E-state index contributed by atoms with van der Waals surface area (Å²) in [5.41, 5.74) is 0. The van der Waals surface area contributed by atoms with Crippen molar-refractivity contribution in [2.24, 2.45) is 0 Å². The minimum atomic E-state index is -0.878. The predicted molar refractivity (Wildman–Crippen MR) is 73.7 cm³/mol. The fraction of sp³-hybridized carbons (Fsp3) is 0.615. The van der Waals surface area contributed by atoms with Gasteiger partial charge in [-0.1, -0.05) is 19.9 Å². The first-order valence-electron chi connectivity index (χ1n) is 6.16. The third kappa shape index (κ3) is 7.66. The zero-order chi connectivity index (χ0) is 14.8. The van der Waals surface area contributed by atoms with Crippen LogP contribution in [0.15, 0.2) is 11.0 Å². The van der Waals surface area contributed by atoms with E-state index in [1.807, 2.05) is 13.8 Å². The maximum absolute atomic E-state index is 11.6. The topological polar surface area (TPSA) is 69.7 Å². The van der Waals surface area contributed by atoms with Gasteiger partial charge in [0.05, 0.1) is 18.1 Å². The zero-order valence-corrected chi connectivity index (χ0v) is 12.5. The monoisotopic (exact) mass is 288 g/mol. The van der Waals surface area contributed by atoms with Crippen LogP contribution < -0.4 is 0 Å². The maximum Gasteiger partial charge on any atom is 0.374 e. The molecule has 0 aliphatic heterocycles. The van der Waals surface area contributed by atoms with Gasteiger partial charge >= 0.3 is 11.9 Å². The van der Waals surface area contributed by atoms with Crippen LogP contribution in [0.1, 0.15) is 34.1 Å². The molecule has 0 spiro atoms. The molecule has 0 aromatic rings. The molecule has 0 unspecified atom stereocenters. The van der Waals surface area contributed by atoms with Gasteiger partial charge in [-0.15, -0.1) is 11.8 Å². The van der Waals surface area contributed by atoms with Crippen molar-refractivity contribution in [2.75, 3.05) is 13.2 Å². The fourth-order valence-corrected chi connectivity index (χ4v) is 1.96. The second kappa shape index (κ2) is 9.61. The summed E-state index contributed by atoms with van der Waals surface area (Å²) in [6.45, 7) is 7.59. The van der Waals surface area contributed by atoms with Gasteiger partial charge < -0.3 is 9.47 Å². The normalized spacial score (nSPS) is 11.3. The molecule has 0 atom stereocenters. The second-order valence-corrected chi connectivity index (χ2v) is 5.42. The molecule has 19 heavy (non-hydrogen) atoms. The molecule has 0 radical (unpaired) electrons. The van der Waals surface area contributed by atoms with Gasteiger partial charge in [0.25, 0.3) is 0 Å². The Hall–Kier alpha value is -1.30. The molecule has 0 amide bonds. The van der Waals surface area contributed by atoms with E-state index in [1.54, 1.807) is 13.8 Å². The van der Waals surface area contributed by atoms with E-state index in [0.717, 1.165) is 0 Å². The summed E-state index contributed by atoms with van der Waals surface area (Å²) in [6.07, 6.45) is 1.26. The maximum atomic E-state index is 11.6. The van der Waals surface area contributed by atoms with Gasteiger partial charge in [0.1, 0.15) is 0 Å². The summed E-state index contributed by atoms with van der Waals surface area (Å²) in [6, 6.07) is 0. The minimum absolute atomic E-state index is 0.153. The highest BCUT2D eigenvalue weighted by molar-refractivity contribution is 8.04. The Bertz CT molecular complexity index is 360. The minimum Gasteiger partial charge on any atom is -0.462 e. The van der Waals surface area contributed by atoms with Crippen LogP contribution in [0.25, 0.3) is 0 Å². The summed E-state index contributed by atoms with van der Waals surface area (Å²) in [7, 11) is 0. The third-order valence-corrected chi connectivity index (χ3v) is 2.87. The highest BCUT2D eigenvalue weighted by atomic mass is 32.2. The number of esters is 2. The van der Waals surface area contributed by atoms with E-state index in [1.165, 1.54) is 17.8 Å². The lowest BCUT2D eigenvalue weighted by molar-refractivity contribution is -0.153. The summed E-state index contributed by atoms with van der Waals surface area (Å²) in [5, 5.41) is 0.174. The van der Waals surface area contributed by atoms with Gasteiger partial charge in [-0.25, -0.2) is 9.59 Å². The number of Topliss-reactive ketones (excluding diaryl/α,β-unsaturated/α-hetero) is 1. The molecule has 0 heterocycles. The third-order valence-electron chi connectivity index (χ3n) is 1.82. The van der Waals surface area contributed by atoms with Crippen LogP contribution in [-0.4, -0.2) is 36.2 Å². The Labute approximate surface area is 117 Å². The Balaban J connectivity index is 4.67. The molecule has 0 N–H and O–H groups in total. The van der Waals surface area contributed by atoms with Crippen molar-refractivity contribution < 1.29 is 23.9 Å². The molecular formula is C13H20O5S. The molecule has 6 heteroatoms. The molecule has 0 saturated heterocycles. The van der Waals surface area contributed by atoms with E-state index in [0.29, 0.717) is 4.91 Å².